The number of rotatable bonds is 1. The normalized spacial score (nSPS) is 21.9. The zero-order valence-electron chi connectivity index (χ0n) is 5.11. The van der Waals surface area contributed by atoms with Crippen LogP contribution in [-0.2, 0) is 4.74 Å². The van der Waals surface area contributed by atoms with Gasteiger partial charge in [-0.2, -0.15) is 0 Å². The van der Waals surface area contributed by atoms with E-state index in [1.165, 1.54) is 5.31 Å². The fraction of sp³-hybridized carbons (Fsp3) is 0.667. The first-order valence-electron chi connectivity index (χ1n) is 2.88. The van der Waals surface area contributed by atoms with Crippen molar-refractivity contribution in [2.24, 2.45) is 0 Å². The molecule has 0 saturated carbocycles. The Morgan fingerprint density at radius 3 is 3.00 bits per heavy atom. The Morgan fingerprint density at radius 2 is 2.62 bits per heavy atom. The van der Waals surface area contributed by atoms with Crippen LogP contribution in [0.4, 0.5) is 0 Å². The Bertz CT molecular complexity index is 98.7. The highest BCUT2D eigenvalue weighted by Gasteiger charge is 1.98. The van der Waals surface area contributed by atoms with E-state index >= 15 is 0 Å². The van der Waals surface area contributed by atoms with E-state index < -0.39 is 0 Å². The van der Waals surface area contributed by atoms with Crippen molar-refractivity contribution in [3.05, 3.63) is 11.4 Å². The smallest absolute Gasteiger partial charge is 0.0715 e. The van der Waals surface area contributed by atoms with Gasteiger partial charge in [-0.3, -0.25) is 0 Å². The molecule has 8 heavy (non-hydrogen) atoms. The van der Waals surface area contributed by atoms with Crippen LogP contribution >= 0.6 is 8.58 Å². The van der Waals surface area contributed by atoms with Crippen LogP contribution < -0.4 is 0 Å². The summed E-state index contributed by atoms with van der Waals surface area (Å²) < 4.78 is 5.21. The molecule has 1 aliphatic heterocycles. The minimum Gasteiger partial charge on any atom is -0.376 e. The van der Waals surface area contributed by atoms with Crippen LogP contribution in [0.5, 0.6) is 0 Å². The van der Waals surface area contributed by atoms with E-state index in [-0.39, 0.29) is 0 Å². The first-order valence-corrected chi connectivity index (χ1v) is 4.38. The molecule has 1 rings (SSSR count). The number of ether oxygens (including phenoxy) is 1. The molecule has 0 spiro atoms. The number of hydrogen-bond acceptors (Lipinski definition) is 1. The van der Waals surface area contributed by atoms with Crippen LogP contribution in [0.1, 0.15) is 6.42 Å². The lowest BCUT2D eigenvalue weighted by molar-refractivity contribution is 0.156. The third-order valence-electron chi connectivity index (χ3n) is 1.23. The summed E-state index contributed by atoms with van der Waals surface area (Å²) in [5.41, 5.74) is 0. The second-order valence-corrected chi connectivity index (χ2v) is 2.96. The second-order valence-electron chi connectivity index (χ2n) is 1.82. The van der Waals surface area contributed by atoms with Crippen LogP contribution in [-0.4, -0.2) is 19.9 Å². The second kappa shape index (κ2) is 3.21. The molecule has 1 unspecified atom stereocenters. The molecule has 1 heterocycles. The molecule has 0 bridgehead atoms. The predicted molar refractivity (Wildman–Crippen MR) is 37.8 cm³/mol. The van der Waals surface area contributed by atoms with E-state index in [2.05, 4.69) is 12.7 Å². The standard InChI is InChI=1S/C6H11OP/c1-8-6-3-2-4-7-5-6/h3,8H,2,4-5H2,1H3. The van der Waals surface area contributed by atoms with E-state index in [9.17, 15) is 0 Å². The van der Waals surface area contributed by atoms with Gasteiger partial charge in [0.2, 0.25) is 0 Å². The van der Waals surface area contributed by atoms with Gasteiger partial charge in [0.15, 0.2) is 0 Å². The fourth-order valence-corrected chi connectivity index (χ4v) is 1.33. The van der Waals surface area contributed by atoms with Gasteiger partial charge in [-0.25, -0.2) is 0 Å². The van der Waals surface area contributed by atoms with Gasteiger partial charge in [0.1, 0.15) is 0 Å². The summed E-state index contributed by atoms with van der Waals surface area (Å²) in [6.07, 6.45) is 3.41. The molecule has 1 aliphatic rings. The summed E-state index contributed by atoms with van der Waals surface area (Å²) in [4.78, 5) is 0. The SMILES string of the molecule is CPC1=CCCOC1. The predicted octanol–water partition coefficient (Wildman–Crippen LogP) is 1.60. The number of hydrogen-bond donors (Lipinski definition) is 0. The fourth-order valence-electron chi connectivity index (χ4n) is 0.732. The van der Waals surface area contributed by atoms with Crippen LogP contribution in [0, 0.1) is 0 Å². The molecule has 0 saturated heterocycles. The van der Waals surface area contributed by atoms with Crippen molar-refractivity contribution in [3.8, 4) is 0 Å². The highest BCUT2D eigenvalue weighted by molar-refractivity contribution is 7.42. The Kier molecular flexibility index (Phi) is 2.51. The van der Waals surface area contributed by atoms with E-state index in [1.807, 2.05) is 0 Å². The van der Waals surface area contributed by atoms with Gasteiger partial charge in [0, 0.05) is 0 Å². The third kappa shape index (κ3) is 1.57. The lowest BCUT2D eigenvalue weighted by Crippen LogP contribution is -2.01. The Morgan fingerprint density at radius 1 is 1.75 bits per heavy atom. The van der Waals surface area contributed by atoms with Gasteiger partial charge >= 0.3 is 0 Å². The summed E-state index contributed by atoms with van der Waals surface area (Å²) in [6, 6.07) is 0. The van der Waals surface area contributed by atoms with E-state index in [0.717, 1.165) is 28.2 Å². The molecule has 0 aromatic carbocycles. The van der Waals surface area contributed by atoms with E-state index in [4.69, 9.17) is 4.74 Å². The molecular weight excluding hydrogens is 119 g/mol. The van der Waals surface area contributed by atoms with Gasteiger partial charge in [-0.05, 0) is 18.4 Å². The van der Waals surface area contributed by atoms with Crippen LogP contribution in [0.15, 0.2) is 11.4 Å². The average Bonchev–Trinajstić information content (AvgIpc) is 1.90. The maximum absolute atomic E-state index is 5.21. The van der Waals surface area contributed by atoms with Crippen molar-refractivity contribution in [1.29, 1.82) is 0 Å². The average molecular weight is 130 g/mol. The van der Waals surface area contributed by atoms with Gasteiger partial charge in [-0.1, -0.05) is 14.7 Å². The van der Waals surface area contributed by atoms with E-state index in [1.54, 1.807) is 0 Å². The first kappa shape index (κ1) is 6.25. The van der Waals surface area contributed by atoms with Crippen molar-refractivity contribution in [3.63, 3.8) is 0 Å². The molecule has 0 N–H and O–H groups in total. The quantitative estimate of drug-likeness (QED) is 0.490. The lowest BCUT2D eigenvalue weighted by Gasteiger charge is -2.10. The summed E-state index contributed by atoms with van der Waals surface area (Å²) in [5, 5.41) is 1.48. The Hall–Kier alpha value is 0.130. The zero-order valence-corrected chi connectivity index (χ0v) is 6.11. The minimum atomic E-state index is 0.884. The molecule has 2 heteroatoms. The summed E-state index contributed by atoms with van der Waals surface area (Å²) >= 11 is 0. The Balaban J connectivity index is 2.37. The van der Waals surface area contributed by atoms with Crippen LogP contribution in [0.25, 0.3) is 0 Å². The Labute approximate surface area is 51.9 Å². The molecule has 1 nitrogen and oxygen atoms in total. The molecule has 1 atom stereocenters. The summed E-state index contributed by atoms with van der Waals surface area (Å²) in [6.45, 7) is 4.00. The monoisotopic (exact) mass is 130 g/mol. The molecule has 0 aliphatic carbocycles. The molecule has 0 aromatic rings. The van der Waals surface area contributed by atoms with Crippen LogP contribution in [0.2, 0.25) is 0 Å². The van der Waals surface area contributed by atoms with Crippen molar-refractivity contribution in [2.75, 3.05) is 19.9 Å². The van der Waals surface area contributed by atoms with Crippen LogP contribution in [0.3, 0.4) is 0 Å². The van der Waals surface area contributed by atoms with Gasteiger partial charge in [0.25, 0.3) is 0 Å². The molecular formula is C6H11OP. The third-order valence-corrected chi connectivity index (χ3v) is 2.22. The molecule has 0 fully saturated rings. The molecule has 46 valence electrons. The van der Waals surface area contributed by atoms with Crippen molar-refractivity contribution in [2.45, 2.75) is 6.42 Å². The maximum atomic E-state index is 5.21. The van der Waals surface area contributed by atoms with Crippen molar-refractivity contribution >= 4 is 8.58 Å². The van der Waals surface area contributed by atoms with Gasteiger partial charge < -0.3 is 4.74 Å². The van der Waals surface area contributed by atoms with Gasteiger partial charge in [-0.15, -0.1) is 0 Å². The highest BCUT2D eigenvalue weighted by Crippen LogP contribution is 2.21. The molecule has 0 amide bonds. The van der Waals surface area contributed by atoms with E-state index in [0.29, 0.717) is 0 Å². The van der Waals surface area contributed by atoms with Crippen molar-refractivity contribution < 1.29 is 4.74 Å². The maximum Gasteiger partial charge on any atom is 0.0715 e. The topological polar surface area (TPSA) is 9.23 Å². The highest BCUT2D eigenvalue weighted by atomic mass is 31.1. The minimum absolute atomic E-state index is 0.884. The lowest BCUT2D eigenvalue weighted by atomic mass is 10.3. The molecule has 0 radical (unpaired) electrons. The zero-order chi connectivity index (χ0) is 5.82. The summed E-state index contributed by atoms with van der Waals surface area (Å²) in [5.74, 6) is 0. The molecule has 0 aromatic heterocycles. The van der Waals surface area contributed by atoms with Crippen molar-refractivity contribution in [1.82, 2.24) is 0 Å². The summed E-state index contributed by atoms with van der Waals surface area (Å²) in [7, 11) is 0.943. The largest absolute Gasteiger partial charge is 0.376 e. The van der Waals surface area contributed by atoms with Gasteiger partial charge in [0.05, 0.1) is 13.2 Å². The first-order chi connectivity index (χ1) is 3.93.